The molecular formula is C28H37N3O4. The Balaban J connectivity index is 1.96. The van der Waals surface area contributed by atoms with Crippen molar-refractivity contribution in [2.75, 3.05) is 26.9 Å². The number of aliphatic hydroxyl groups excluding tert-OH is 1. The monoisotopic (exact) mass is 479 g/mol. The molecule has 0 saturated carbocycles. The van der Waals surface area contributed by atoms with E-state index in [1.165, 1.54) is 0 Å². The summed E-state index contributed by atoms with van der Waals surface area (Å²) < 4.78 is 19.1. The van der Waals surface area contributed by atoms with E-state index >= 15 is 0 Å². The van der Waals surface area contributed by atoms with Gasteiger partial charge in [0.1, 0.15) is 11.5 Å². The van der Waals surface area contributed by atoms with Crippen molar-refractivity contribution in [2.24, 2.45) is 0 Å². The number of hydrogen-bond donors (Lipinski definition) is 1. The van der Waals surface area contributed by atoms with Crippen LogP contribution in [0.15, 0.2) is 67.3 Å². The first-order chi connectivity index (χ1) is 17.0. The second kappa shape index (κ2) is 13.1. The van der Waals surface area contributed by atoms with Gasteiger partial charge in [-0.3, -0.25) is 4.90 Å². The van der Waals surface area contributed by atoms with Crippen molar-refractivity contribution in [2.45, 2.75) is 45.9 Å². The molecular weight excluding hydrogens is 442 g/mol. The van der Waals surface area contributed by atoms with Crippen LogP contribution in [0.25, 0.3) is 5.69 Å². The zero-order valence-corrected chi connectivity index (χ0v) is 21.2. The van der Waals surface area contributed by atoms with Crippen molar-refractivity contribution in [1.29, 1.82) is 0 Å². The van der Waals surface area contributed by atoms with E-state index in [4.69, 9.17) is 19.3 Å². The second-order valence-corrected chi connectivity index (χ2v) is 8.56. The van der Waals surface area contributed by atoms with Crippen LogP contribution in [0, 0.1) is 6.92 Å². The highest BCUT2D eigenvalue weighted by Crippen LogP contribution is 2.33. The molecule has 0 spiro atoms. The summed E-state index contributed by atoms with van der Waals surface area (Å²) in [5.41, 5.74) is 2.75. The summed E-state index contributed by atoms with van der Waals surface area (Å²) in [6.07, 6.45) is 2.01. The summed E-state index contributed by atoms with van der Waals surface area (Å²) in [6.45, 7) is 11.7. The summed E-state index contributed by atoms with van der Waals surface area (Å²) in [5, 5.41) is 15.4. The first-order valence-corrected chi connectivity index (χ1v) is 12.0. The molecule has 0 aliphatic carbocycles. The number of rotatable bonds is 14. The van der Waals surface area contributed by atoms with E-state index in [2.05, 4.69) is 25.3 Å². The van der Waals surface area contributed by atoms with Crippen molar-refractivity contribution in [3.8, 4) is 23.1 Å². The van der Waals surface area contributed by atoms with E-state index in [-0.39, 0.29) is 12.6 Å². The molecule has 3 aromatic rings. The lowest BCUT2D eigenvalue weighted by Crippen LogP contribution is -2.40. The first kappa shape index (κ1) is 26.5. The van der Waals surface area contributed by atoms with Crippen molar-refractivity contribution in [3.63, 3.8) is 0 Å². The SMILES string of the molecule is C=CCOC[C@@H](O)CN(Cc1c(C)nn(-c2ccccc2)c1Oc1cccc(OC)c1)[C@@H](C)CC. The molecule has 0 radical (unpaired) electrons. The molecule has 0 bridgehead atoms. The minimum absolute atomic E-state index is 0.244. The van der Waals surface area contributed by atoms with Crippen LogP contribution in [0.4, 0.5) is 0 Å². The average molecular weight is 480 g/mol. The minimum atomic E-state index is -0.615. The van der Waals surface area contributed by atoms with Crippen LogP contribution in [0.1, 0.15) is 31.5 Å². The van der Waals surface area contributed by atoms with Crippen LogP contribution >= 0.6 is 0 Å². The molecule has 3 rings (SSSR count). The summed E-state index contributed by atoms with van der Waals surface area (Å²) in [4.78, 5) is 2.25. The molecule has 2 atom stereocenters. The standard InChI is InChI=1S/C28H37N3O4/c1-6-16-34-20-24(32)18-30(21(3)7-2)19-27-22(4)29-31(23-12-9-8-10-13-23)28(27)35-26-15-11-14-25(17-26)33-5/h6,8-15,17,21,24,32H,1,7,16,18-20H2,2-5H3/t21-,24-/m0/s1. The maximum atomic E-state index is 10.6. The number of aromatic nitrogens is 2. The molecule has 7 nitrogen and oxygen atoms in total. The lowest BCUT2D eigenvalue weighted by molar-refractivity contribution is 0.0155. The maximum absolute atomic E-state index is 10.6. The van der Waals surface area contributed by atoms with Gasteiger partial charge in [0.15, 0.2) is 0 Å². The molecule has 0 saturated heterocycles. The van der Waals surface area contributed by atoms with E-state index in [1.807, 2.05) is 66.2 Å². The van der Waals surface area contributed by atoms with E-state index in [0.717, 1.165) is 29.1 Å². The van der Waals surface area contributed by atoms with E-state index in [9.17, 15) is 5.11 Å². The van der Waals surface area contributed by atoms with Gasteiger partial charge >= 0.3 is 0 Å². The van der Waals surface area contributed by atoms with Crippen LogP contribution in [0.3, 0.4) is 0 Å². The number of methoxy groups -OCH3 is 1. The summed E-state index contributed by atoms with van der Waals surface area (Å²) in [7, 11) is 1.64. The number of aliphatic hydroxyl groups is 1. The minimum Gasteiger partial charge on any atom is -0.497 e. The Kier molecular flexibility index (Phi) is 9.90. The fourth-order valence-corrected chi connectivity index (χ4v) is 3.82. The van der Waals surface area contributed by atoms with Crippen molar-refractivity contribution >= 4 is 0 Å². The number of ether oxygens (including phenoxy) is 3. The van der Waals surface area contributed by atoms with Gasteiger partial charge in [-0.1, -0.05) is 37.3 Å². The Morgan fingerprint density at radius 3 is 2.57 bits per heavy atom. The van der Waals surface area contributed by atoms with Gasteiger partial charge in [0, 0.05) is 25.2 Å². The molecule has 0 unspecified atom stereocenters. The Morgan fingerprint density at radius 2 is 1.89 bits per heavy atom. The number of aryl methyl sites for hydroxylation is 1. The van der Waals surface area contributed by atoms with Gasteiger partial charge in [-0.25, -0.2) is 4.68 Å². The Labute approximate surface area is 208 Å². The third-order valence-electron chi connectivity index (χ3n) is 5.96. The molecule has 0 aliphatic heterocycles. The molecule has 2 aromatic carbocycles. The van der Waals surface area contributed by atoms with E-state index in [1.54, 1.807) is 13.2 Å². The molecule has 188 valence electrons. The quantitative estimate of drug-likeness (QED) is 0.255. The van der Waals surface area contributed by atoms with Gasteiger partial charge in [0.05, 0.1) is 43.4 Å². The van der Waals surface area contributed by atoms with Crippen LogP contribution < -0.4 is 9.47 Å². The lowest BCUT2D eigenvalue weighted by atomic mass is 10.1. The highest BCUT2D eigenvalue weighted by atomic mass is 16.5. The topological polar surface area (TPSA) is 69.0 Å². The van der Waals surface area contributed by atoms with Crippen LogP contribution in [-0.4, -0.2) is 58.8 Å². The number of benzene rings is 2. The molecule has 7 heteroatoms. The number of para-hydroxylation sites is 1. The van der Waals surface area contributed by atoms with Crippen LogP contribution in [0.5, 0.6) is 17.4 Å². The Hall–Kier alpha value is -3.13. The average Bonchev–Trinajstić information content (AvgIpc) is 3.18. The summed E-state index contributed by atoms with van der Waals surface area (Å²) in [6, 6.07) is 17.7. The largest absolute Gasteiger partial charge is 0.497 e. The highest BCUT2D eigenvalue weighted by molar-refractivity contribution is 5.44. The molecule has 0 amide bonds. The van der Waals surface area contributed by atoms with Crippen molar-refractivity contribution in [3.05, 3.63) is 78.5 Å². The number of nitrogens with zero attached hydrogens (tertiary/aromatic N) is 3. The Morgan fingerprint density at radius 1 is 1.14 bits per heavy atom. The van der Waals surface area contributed by atoms with Gasteiger partial charge in [0.25, 0.3) is 0 Å². The van der Waals surface area contributed by atoms with E-state index in [0.29, 0.717) is 31.3 Å². The highest BCUT2D eigenvalue weighted by Gasteiger charge is 2.24. The molecule has 35 heavy (non-hydrogen) atoms. The molecule has 1 N–H and O–H groups in total. The van der Waals surface area contributed by atoms with Crippen LogP contribution in [0.2, 0.25) is 0 Å². The van der Waals surface area contributed by atoms with Crippen molar-refractivity contribution < 1.29 is 19.3 Å². The Bertz CT molecular complexity index is 1070. The zero-order chi connectivity index (χ0) is 25.2. The fourth-order valence-electron chi connectivity index (χ4n) is 3.82. The number of hydrogen-bond acceptors (Lipinski definition) is 6. The van der Waals surface area contributed by atoms with E-state index < -0.39 is 6.10 Å². The first-order valence-electron chi connectivity index (χ1n) is 12.0. The van der Waals surface area contributed by atoms with Gasteiger partial charge in [-0.2, -0.15) is 5.10 Å². The summed E-state index contributed by atoms with van der Waals surface area (Å²) >= 11 is 0. The lowest BCUT2D eigenvalue weighted by Gasteiger charge is -2.30. The molecule has 0 aliphatic rings. The normalized spacial score (nSPS) is 13.0. The van der Waals surface area contributed by atoms with Gasteiger partial charge in [-0.15, -0.1) is 6.58 Å². The molecule has 1 heterocycles. The predicted molar refractivity (Wildman–Crippen MR) is 139 cm³/mol. The van der Waals surface area contributed by atoms with Crippen molar-refractivity contribution in [1.82, 2.24) is 14.7 Å². The zero-order valence-electron chi connectivity index (χ0n) is 21.2. The second-order valence-electron chi connectivity index (χ2n) is 8.56. The maximum Gasteiger partial charge on any atom is 0.227 e. The van der Waals surface area contributed by atoms with Gasteiger partial charge in [0.2, 0.25) is 5.88 Å². The van der Waals surface area contributed by atoms with Gasteiger partial charge in [-0.05, 0) is 44.5 Å². The third-order valence-corrected chi connectivity index (χ3v) is 5.96. The summed E-state index contributed by atoms with van der Waals surface area (Å²) in [5.74, 6) is 2.03. The molecule has 0 fully saturated rings. The van der Waals surface area contributed by atoms with Gasteiger partial charge < -0.3 is 19.3 Å². The van der Waals surface area contributed by atoms with Crippen LogP contribution in [-0.2, 0) is 11.3 Å². The third kappa shape index (κ3) is 7.18. The molecule has 1 aromatic heterocycles. The fraction of sp³-hybridized carbons (Fsp3) is 0.393. The predicted octanol–water partition coefficient (Wildman–Crippen LogP) is 5.15. The smallest absolute Gasteiger partial charge is 0.227 e.